The van der Waals surface area contributed by atoms with Crippen LogP contribution in [-0.4, -0.2) is 31.5 Å². The summed E-state index contributed by atoms with van der Waals surface area (Å²) in [5, 5.41) is -0.338. The maximum absolute atomic E-state index is 11.4. The second-order valence-electron chi connectivity index (χ2n) is 4.41. The third-order valence-corrected chi connectivity index (χ3v) is 4.44. The van der Waals surface area contributed by atoms with Gasteiger partial charge in [-0.2, -0.15) is 0 Å². The molecule has 0 rings (SSSR count). The van der Waals surface area contributed by atoms with E-state index in [4.69, 9.17) is 4.74 Å². The molecule has 5 heteroatoms. The molecule has 0 aromatic rings. The summed E-state index contributed by atoms with van der Waals surface area (Å²) in [6.45, 7) is 6.92. The highest BCUT2D eigenvalue weighted by Crippen LogP contribution is 2.07. The number of carbonyl (C=O) groups excluding carboxylic acids is 1. The zero-order valence-corrected chi connectivity index (χ0v) is 11.3. The first-order valence-electron chi connectivity index (χ1n) is 5.66. The highest BCUT2D eigenvalue weighted by molar-refractivity contribution is 7.91. The quantitative estimate of drug-likeness (QED) is 0.511. The lowest BCUT2D eigenvalue weighted by molar-refractivity contribution is -0.147. The Kier molecular flexibility index (Phi) is 6.64. The topological polar surface area (TPSA) is 60.4 Å². The van der Waals surface area contributed by atoms with Crippen molar-refractivity contribution in [1.29, 1.82) is 0 Å². The predicted molar refractivity (Wildman–Crippen MR) is 64.0 cm³/mol. The van der Waals surface area contributed by atoms with Crippen LogP contribution in [0.5, 0.6) is 0 Å². The molecule has 0 atom stereocenters. The summed E-state index contributed by atoms with van der Waals surface area (Å²) < 4.78 is 27.8. The molecule has 0 aliphatic heterocycles. The average molecular weight is 250 g/mol. The number of ether oxygens (including phenoxy) is 1. The van der Waals surface area contributed by atoms with E-state index >= 15 is 0 Å². The number of hydrogen-bond donors (Lipinski definition) is 0. The molecule has 0 unspecified atom stereocenters. The van der Waals surface area contributed by atoms with E-state index in [1.165, 1.54) is 0 Å². The van der Waals surface area contributed by atoms with Crippen LogP contribution in [0.3, 0.4) is 0 Å². The van der Waals surface area contributed by atoms with Crippen LogP contribution in [0.2, 0.25) is 0 Å². The van der Waals surface area contributed by atoms with Crippen molar-refractivity contribution in [3.05, 3.63) is 0 Å². The second kappa shape index (κ2) is 6.89. The zero-order chi connectivity index (χ0) is 12.8. The van der Waals surface area contributed by atoms with Gasteiger partial charge in [-0.15, -0.1) is 0 Å². The maximum atomic E-state index is 11.4. The van der Waals surface area contributed by atoms with Gasteiger partial charge in [0.15, 0.2) is 9.84 Å². The number of carbonyl (C=O) groups is 1. The smallest absolute Gasteiger partial charge is 0.306 e. The number of hydrogen-bond acceptors (Lipinski definition) is 4. The first-order chi connectivity index (χ1) is 7.25. The second-order valence-corrected chi connectivity index (χ2v) is 7.09. The maximum Gasteiger partial charge on any atom is 0.306 e. The van der Waals surface area contributed by atoms with Gasteiger partial charge in [0.2, 0.25) is 0 Å². The largest absolute Gasteiger partial charge is 0.463 e. The molecule has 0 saturated heterocycles. The van der Waals surface area contributed by atoms with E-state index in [-0.39, 0.29) is 23.1 Å². The Balaban J connectivity index is 3.73. The van der Waals surface area contributed by atoms with Crippen LogP contribution in [0, 0.1) is 0 Å². The molecule has 0 N–H and O–H groups in total. The molecule has 96 valence electrons. The molecule has 0 saturated carbocycles. The first kappa shape index (κ1) is 15.4. The van der Waals surface area contributed by atoms with Crippen molar-refractivity contribution in [2.45, 2.75) is 58.3 Å². The van der Waals surface area contributed by atoms with E-state index in [1.54, 1.807) is 27.7 Å². The standard InChI is InChI=1S/C11H22O4S/c1-9(2)15-11(12)7-5-6-8-16(13,14)10(3)4/h9-10H,5-8H2,1-4H3. The summed E-state index contributed by atoms with van der Waals surface area (Å²) in [7, 11) is -2.97. The monoisotopic (exact) mass is 250 g/mol. The lowest BCUT2D eigenvalue weighted by Gasteiger charge is -2.08. The molecule has 0 spiro atoms. The van der Waals surface area contributed by atoms with Crippen molar-refractivity contribution >= 4 is 15.8 Å². The van der Waals surface area contributed by atoms with Crippen LogP contribution in [-0.2, 0) is 19.4 Å². The Morgan fingerprint density at radius 1 is 1.12 bits per heavy atom. The van der Waals surface area contributed by atoms with Gasteiger partial charge in [0.1, 0.15) is 0 Å². The zero-order valence-electron chi connectivity index (χ0n) is 10.5. The predicted octanol–water partition coefficient (Wildman–Crippen LogP) is 1.93. The van der Waals surface area contributed by atoms with Gasteiger partial charge in [-0.05, 0) is 40.5 Å². The van der Waals surface area contributed by atoms with Crippen LogP contribution in [0.25, 0.3) is 0 Å². The SMILES string of the molecule is CC(C)OC(=O)CCCCS(=O)(=O)C(C)C. The van der Waals surface area contributed by atoms with Crippen LogP contribution < -0.4 is 0 Å². The molecular formula is C11H22O4S. The minimum absolute atomic E-state index is 0.105. The minimum Gasteiger partial charge on any atom is -0.463 e. The van der Waals surface area contributed by atoms with E-state index < -0.39 is 9.84 Å². The van der Waals surface area contributed by atoms with Crippen molar-refractivity contribution in [2.75, 3.05) is 5.75 Å². The Labute approximate surface area is 98.3 Å². The lowest BCUT2D eigenvalue weighted by atomic mass is 10.2. The number of unbranched alkanes of at least 4 members (excludes halogenated alkanes) is 1. The summed E-state index contributed by atoms with van der Waals surface area (Å²) >= 11 is 0. The fourth-order valence-electron chi connectivity index (χ4n) is 1.13. The van der Waals surface area contributed by atoms with Crippen molar-refractivity contribution in [3.63, 3.8) is 0 Å². The van der Waals surface area contributed by atoms with Crippen LogP contribution in [0.15, 0.2) is 0 Å². The normalized spacial score (nSPS) is 12.1. The molecule has 0 amide bonds. The number of rotatable bonds is 7. The highest BCUT2D eigenvalue weighted by Gasteiger charge is 2.15. The van der Waals surface area contributed by atoms with Gasteiger partial charge in [-0.1, -0.05) is 0 Å². The summed E-state index contributed by atoms with van der Waals surface area (Å²) in [5.74, 6) is -0.100. The summed E-state index contributed by atoms with van der Waals surface area (Å²) in [6.07, 6.45) is 1.28. The molecule has 0 aliphatic rings. The molecule has 4 nitrogen and oxygen atoms in total. The van der Waals surface area contributed by atoms with Crippen molar-refractivity contribution in [3.8, 4) is 0 Å². The van der Waals surface area contributed by atoms with E-state index in [0.29, 0.717) is 19.3 Å². The van der Waals surface area contributed by atoms with Crippen LogP contribution in [0.1, 0.15) is 47.0 Å². The van der Waals surface area contributed by atoms with Crippen LogP contribution >= 0.6 is 0 Å². The molecule has 0 fully saturated rings. The third-order valence-electron chi connectivity index (χ3n) is 2.15. The Morgan fingerprint density at radius 3 is 2.12 bits per heavy atom. The van der Waals surface area contributed by atoms with Gasteiger partial charge in [-0.3, -0.25) is 4.79 Å². The van der Waals surface area contributed by atoms with Gasteiger partial charge >= 0.3 is 5.97 Å². The van der Waals surface area contributed by atoms with E-state index in [2.05, 4.69) is 0 Å². The molecule has 16 heavy (non-hydrogen) atoms. The van der Waals surface area contributed by atoms with Crippen molar-refractivity contribution < 1.29 is 17.9 Å². The first-order valence-corrected chi connectivity index (χ1v) is 7.38. The highest BCUT2D eigenvalue weighted by atomic mass is 32.2. The van der Waals surface area contributed by atoms with Gasteiger partial charge < -0.3 is 4.74 Å². The number of sulfone groups is 1. The van der Waals surface area contributed by atoms with Gasteiger partial charge in [-0.25, -0.2) is 8.42 Å². The summed E-state index contributed by atoms with van der Waals surface area (Å²) in [4.78, 5) is 11.1. The van der Waals surface area contributed by atoms with Gasteiger partial charge in [0.05, 0.1) is 17.1 Å². The van der Waals surface area contributed by atoms with Crippen LogP contribution in [0.4, 0.5) is 0 Å². The minimum atomic E-state index is -2.97. The Bertz CT molecular complexity index is 304. The summed E-state index contributed by atoms with van der Waals surface area (Å²) in [5.41, 5.74) is 0. The molecule has 0 bridgehead atoms. The molecule has 0 radical (unpaired) electrons. The molecular weight excluding hydrogens is 228 g/mol. The average Bonchev–Trinajstić information content (AvgIpc) is 2.11. The molecule has 0 aliphatic carbocycles. The molecule has 0 aromatic carbocycles. The van der Waals surface area contributed by atoms with Crippen molar-refractivity contribution in [1.82, 2.24) is 0 Å². The third kappa shape index (κ3) is 6.82. The number of esters is 1. The van der Waals surface area contributed by atoms with Crippen molar-refractivity contribution in [2.24, 2.45) is 0 Å². The Morgan fingerprint density at radius 2 is 1.69 bits per heavy atom. The van der Waals surface area contributed by atoms with Gasteiger partial charge in [0.25, 0.3) is 0 Å². The fourth-order valence-corrected chi connectivity index (χ4v) is 2.21. The van der Waals surface area contributed by atoms with Gasteiger partial charge in [0, 0.05) is 6.42 Å². The summed E-state index contributed by atoms with van der Waals surface area (Å²) in [6, 6.07) is 0. The lowest BCUT2D eigenvalue weighted by Crippen LogP contribution is -2.18. The fraction of sp³-hybridized carbons (Fsp3) is 0.909. The Hall–Kier alpha value is -0.580. The molecule has 0 heterocycles. The van der Waals surface area contributed by atoms with E-state index in [0.717, 1.165) is 0 Å². The van der Waals surface area contributed by atoms with E-state index in [1.807, 2.05) is 0 Å². The van der Waals surface area contributed by atoms with E-state index in [9.17, 15) is 13.2 Å². The molecule has 0 aromatic heterocycles.